The van der Waals surface area contributed by atoms with Crippen molar-refractivity contribution in [1.29, 1.82) is 0 Å². The van der Waals surface area contributed by atoms with Gasteiger partial charge < -0.3 is 9.47 Å². The number of likely N-dealkylation sites (tertiary alicyclic amines) is 1. The summed E-state index contributed by atoms with van der Waals surface area (Å²) >= 11 is 0. The maximum absolute atomic E-state index is 12.7. The van der Waals surface area contributed by atoms with Crippen molar-refractivity contribution in [3.05, 3.63) is 63.2 Å². The lowest BCUT2D eigenvalue weighted by Gasteiger charge is -2.16. The lowest BCUT2D eigenvalue weighted by Crippen LogP contribution is -2.21. The molecule has 1 fully saturated rings. The number of nitrogens with one attached hydrogen (secondary N) is 1. The van der Waals surface area contributed by atoms with Crippen LogP contribution in [0.5, 0.6) is 5.75 Å². The first-order chi connectivity index (χ1) is 14.6. The number of fused-ring (bicyclic) bond motifs is 1. The normalized spacial score (nSPS) is 17.1. The Morgan fingerprint density at radius 1 is 1.23 bits per heavy atom. The number of rotatable bonds is 8. The summed E-state index contributed by atoms with van der Waals surface area (Å²) in [6.07, 6.45) is 1.77. The molecule has 4 rings (SSSR count). The molecule has 7 heteroatoms. The first-order valence-electron chi connectivity index (χ1n) is 10.6. The molecule has 0 radical (unpaired) electrons. The molecular formula is C23H30N4O3. The highest BCUT2D eigenvalue weighted by atomic mass is 16.5. The average molecular weight is 411 g/mol. The zero-order valence-electron chi connectivity index (χ0n) is 18.0. The molecule has 160 valence electrons. The number of methoxy groups -OCH3 is 1. The van der Waals surface area contributed by atoms with Crippen LogP contribution in [0.1, 0.15) is 41.8 Å². The van der Waals surface area contributed by atoms with E-state index < -0.39 is 0 Å². The number of aryl methyl sites for hydroxylation is 1. The summed E-state index contributed by atoms with van der Waals surface area (Å²) in [5.41, 5.74) is 4.71. The topological polar surface area (TPSA) is 71.9 Å². The van der Waals surface area contributed by atoms with Gasteiger partial charge in [0.1, 0.15) is 12.4 Å². The van der Waals surface area contributed by atoms with Crippen LogP contribution in [-0.4, -0.2) is 52.9 Å². The highest BCUT2D eigenvalue weighted by Gasteiger charge is 2.26. The van der Waals surface area contributed by atoms with E-state index in [0.29, 0.717) is 31.2 Å². The summed E-state index contributed by atoms with van der Waals surface area (Å²) in [7, 11) is 1.67. The van der Waals surface area contributed by atoms with E-state index in [4.69, 9.17) is 9.47 Å². The Labute approximate surface area is 176 Å². The fourth-order valence-corrected chi connectivity index (χ4v) is 4.23. The van der Waals surface area contributed by atoms with Crippen molar-refractivity contribution in [2.75, 3.05) is 33.4 Å². The van der Waals surface area contributed by atoms with Crippen LogP contribution in [0.3, 0.4) is 0 Å². The lowest BCUT2D eigenvalue weighted by molar-refractivity contribution is 0.146. The fraction of sp³-hybridized carbons (Fsp3) is 0.478. The molecule has 0 saturated carbocycles. The molecule has 7 nitrogen and oxygen atoms in total. The number of benzene rings is 1. The Balaban J connectivity index is 1.41. The summed E-state index contributed by atoms with van der Waals surface area (Å²) in [4.78, 5) is 19.8. The van der Waals surface area contributed by atoms with Gasteiger partial charge in [-0.05, 0) is 44.0 Å². The van der Waals surface area contributed by atoms with Gasteiger partial charge in [0, 0.05) is 49.1 Å². The number of aromatic nitrogens is 3. The van der Waals surface area contributed by atoms with Crippen LogP contribution in [0, 0.1) is 6.92 Å². The number of nitrogens with zero attached hydrogens (tertiary/aromatic N) is 3. The van der Waals surface area contributed by atoms with Crippen molar-refractivity contribution >= 4 is 5.65 Å². The summed E-state index contributed by atoms with van der Waals surface area (Å²) in [6.45, 7) is 7.97. The Hall–Kier alpha value is -2.64. The molecule has 0 bridgehead atoms. The van der Waals surface area contributed by atoms with Crippen LogP contribution in [0.25, 0.3) is 5.65 Å². The Bertz CT molecular complexity index is 1050. The van der Waals surface area contributed by atoms with E-state index in [1.807, 2.05) is 32.0 Å². The number of hydrogen-bond acceptors (Lipinski definition) is 5. The molecule has 30 heavy (non-hydrogen) atoms. The van der Waals surface area contributed by atoms with Crippen LogP contribution in [0.4, 0.5) is 0 Å². The second-order valence-corrected chi connectivity index (χ2v) is 7.95. The minimum atomic E-state index is 0.0221. The van der Waals surface area contributed by atoms with Gasteiger partial charge in [0.25, 0.3) is 5.56 Å². The molecule has 0 amide bonds. The molecule has 1 saturated heterocycles. The van der Waals surface area contributed by atoms with E-state index in [0.717, 1.165) is 48.8 Å². The third kappa shape index (κ3) is 4.27. The number of aromatic amines is 1. The van der Waals surface area contributed by atoms with Gasteiger partial charge >= 0.3 is 0 Å². The van der Waals surface area contributed by atoms with Crippen LogP contribution < -0.4 is 10.3 Å². The molecular weight excluding hydrogens is 380 g/mol. The first-order valence-corrected chi connectivity index (χ1v) is 10.6. The van der Waals surface area contributed by atoms with E-state index >= 15 is 0 Å². The van der Waals surface area contributed by atoms with Crippen LogP contribution in [-0.2, 0) is 17.7 Å². The maximum Gasteiger partial charge on any atom is 0.276 e. The van der Waals surface area contributed by atoms with E-state index in [1.165, 1.54) is 5.56 Å². The van der Waals surface area contributed by atoms with Gasteiger partial charge in [-0.15, -0.1) is 0 Å². The predicted molar refractivity (Wildman–Crippen MR) is 116 cm³/mol. The smallest absolute Gasteiger partial charge is 0.276 e. The SMILES string of the molecule is CCc1c(C)nc2cc(C3CCN(Cc4ccc(OCCOC)cc4)C3)[nH]n2c1=O. The van der Waals surface area contributed by atoms with E-state index in [1.54, 1.807) is 11.6 Å². The Kier molecular flexibility index (Phi) is 6.20. The van der Waals surface area contributed by atoms with E-state index in [-0.39, 0.29) is 5.56 Å². The first kappa shape index (κ1) is 20.6. The monoisotopic (exact) mass is 410 g/mol. The van der Waals surface area contributed by atoms with Crippen LogP contribution >= 0.6 is 0 Å². The number of hydrogen-bond donors (Lipinski definition) is 1. The zero-order chi connectivity index (χ0) is 21.1. The van der Waals surface area contributed by atoms with Gasteiger partial charge in [0.15, 0.2) is 5.65 Å². The number of ether oxygens (including phenoxy) is 2. The van der Waals surface area contributed by atoms with Crippen molar-refractivity contribution in [3.63, 3.8) is 0 Å². The van der Waals surface area contributed by atoms with Gasteiger partial charge in [0.05, 0.1) is 6.61 Å². The molecule has 1 N–H and O–H groups in total. The van der Waals surface area contributed by atoms with Gasteiger partial charge in [-0.2, -0.15) is 0 Å². The maximum atomic E-state index is 12.7. The van der Waals surface area contributed by atoms with Crippen molar-refractivity contribution in [3.8, 4) is 5.75 Å². The standard InChI is InChI=1S/C23H30N4O3/c1-4-20-16(2)24-22-13-21(25-27(22)23(20)28)18-9-10-26(15-18)14-17-5-7-19(8-6-17)30-12-11-29-3/h5-8,13,18,25H,4,9-12,14-15H2,1-3H3. The average Bonchev–Trinajstić information content (AvgIpc) is 3.37. The second kappa shape index (κ2) is 9.02. The fourth-order valence-electron chi connectivity index (χ4n) is 4.23. The quantitative estimate of drug-likeness (QED) is 0.578. The summed E-state index contributed by atoms with van der Waals surface area (Å²) < 4.78 is 12.2. The van der Waals surface area contributed by atoms with Gasteiger partial charge in [-0.1, -0.05) is 19.1 Å². The molecule has 3 aromatic rings. The molecule has 1 aliphatic heterocycles. The molecule has 0 aliphatic carbocycles. The highest BCUT2D eigenvalue weighted by Crippen LogP contribution is 2.28. The van der Waals surface area contributed by atoms with Crippen molar-refractivity contribution in [2.45, 2.75) is 39.2 Å². The van der Waals surface area contributed by atoms with Crippen LogP contribution in [0.2, 0.25) is 0 Å². The van der Waals surface area contributed by atoms with Crippen molar-refractivity contribution < 1.29 is 9.47 Å². The van der Waals surface area contributed by atoms with Gasteiger partial charge in [0.2, 0.25) is 0 Å². The minimum absolute atomic E-state index is 0.0221. The second-order valence-electron chi connectivity index (χ2n) is 7.95. The third-order valence-electron chi connectivity index (χ3n) is 5.89. The molecule has 2 aromatic heterocycles. The summed E-state index contributed by atoms with van der Waals surface area (Å²) in [6, 6.07) is 10.3. The molecule has 1 atom stereocenters. The Morgan fingerprint density at radius 2 is 2.03 bits per heavy atom. The van der Waals surface area contributed by atoms with E-state index in [2.05, 4.69) is 27.1 Å². The zero-order valence-corrected chi connectivity index (χ0v) is 18.0. The predicted octanol–water partition coefficient (Wildman–Crippen LogP) is 2.91. The largest absolute Gasteiger partial charge is 0.491 e. The van der Waals surface area contributed by atoms with Gasteiger partial charge in [-0.3, -0.25) is 14.8 Å². The van der Waals surface area contributed by atoms with Crippen molar-refractivity contribution in [1.82, 2.24) is 19.5 Å². The number of H-pyrrole nitrogens is 1. The van der Waals surface area contributed by atoms with Gasteiger partial charge in [-0.25, -0.2) is 9.50 Å². The lowest BCUT2D eigenvalue weighted by atomic mass is 10.1. The highest BCUT2D eigenvalue weighted by molar-refractivity contribution is 5.42. The summed E-state index contributed by atoms with van der Waals surface area (Å²) in [5.74, 6) is 1.25. The minimum Gasteiger partial charge on any atom is -0.491 e. The molecule has 3 heterocycles. The van der Waals surface area contributed by atoms with Crippen LogP contribution in [0.15, 0.2) is 35.1 Å². The summed E-state index contributed by atoms with van der Waals surface area (Å²) in [5, 5.41) is 3.31. The molecule has 0 spiro atoms. The van der Waals surface area contributed by atoms with E-state index in [9.17, 15) is 4.79 Å². The molecule has 1 aromatic carbocycles. The molecule has 1 aliphatic rings. The molecule has 1 unspecified atom stereocenters. The third-order valence-corrected chi connectivity index (χ3v) is 5.89. The Morgan fingerprint density at radius 3 is 2.77 bits per heavy atom. The van der Waals surface area contributed by atoms with Crippen molar-refractivity contribution in [2.24, 2.45) is 0 Å².